The molecule has 2 aliphatic rings. The van der Waals surface area contributed by atoms with Crippen molar-refractivity contribution in [2.24, 2.45) is 5.73 Å². The minimum atomic E-state index is -0.506. The number of rotatable bonds is 11. The third-order valence-electron chi connectivity index (χ3n) is 4.66. The molecule has 0 spiro atoms. The number of aliphatic hydroxyl groups excluding tert-OH is 1. The first-order valence-electron chi connectivity index (χ1n) is 9.53. The Bertz CT molecular complexity index is 448. The SMILES string of the molecule is CC(C)NC[C@@H](O)C(N)CC1=CC=C(OCCCN2CCSC2)CC1. The Balaban J connectivity index is 1.63. The Hall–Kier alpha value is -0.530. The van der Waals surface area contributed by atoms with Crippen molar-refractivity contribution in [3.63, 3.8) is 0 Å². The molecule has 2 atom stereocenters. The van der Waals surface area contributed by atoms with Crippen molar-refractivity contribution >= 4 is 11.8 Å². The van der Waals surface area contributed by atoms with Gasteiger partial charge < -0.3 is 20.9 Å². The number of nitrogens with zero attached hydrogens (tertiary/aromatic N) is 1. The van der Waals surface area contributed by atoms with E-state index in [1.807, 2.05) is 11.8 Å². The summed E-state index contributed by atoms with van der Waals surface area (Å²) in [5, 5.41) is 13.4. The molecular weight excluding hydrogens is 334 g/mol. The Morgan fingerprint density at radius 1 is 1.36 bits per heavy atom. The molecule has 1 unspecified atom stereocenters. The summed E-state index contributed by atoms with van der Waals surface area (Å²) in [6, 6.07) is 0.148. The number of hydrogen-bond donors (Lipinski definition) is 3. The molecule has 6 heteroatoms. The van der Waals surface area contributed by atoms with Crippen LogP contribution in [0.5, 0.6) is 0 Å². The van der Waals surface area contributed by atoms with E-state index in [2.05, 4.69) is 36.2 Å². The van der Waals surface area contributed by atoms with Crippen LogP contribution in [0.3, 0.4) is 0 Å². The van der Waals surface area contributed by atoms with Crippen LogP contribution in [-0.2, 0) is 4.74 Å². The van der Waals surface area contributed by atoms with E-state index >= 15 is 0 Å². The maximum absolute atomic E-state index is 10.1. The molecule has 144 valence electrons. The molecule has 0 amide bonds. The smallest absolute Gasteiger partial charge is 0.0962 e. The summed E-state index contributed by atoms with van der Waals surface area (Å²) in [5.74, 6) is 3.52. The molecule has 1 aliphatic heterocycles. The van der Waals surface area contributed by atoms with E-state index in [0.29, 0.717) is 12.6 Å². The molecule has 0 saturated carbocycles. The molecule has 0 bridgehead atoms. The van der Waals surface area contributed by atoms with E-state index in [-0.39, 0.29) is 6.04 Å². The van der Waals surface area contributed by atoms with Crippen LogP contribution < -0.4 is 11.1 Å². The lowest BCUT2D eigenvalue weighted by Gasteiger charge is -2.23. The second-order valence-electron chi connectivity index (χ2n) is 7.31. The quantitative estimate of drug-likeness (QED) is 0.485. The summed E-state index contributed by atoms with van der Waals surface area (Å²) in [5.41, 5.74) is 7.44. The van der Waals surface area contributed by atoms with Crippen molar-refractivity contribution in [1.29, 1.82) is 0 Å². The van der Waals surface area contributed by atoms with E-state index in [1.165, 1.54) is 23.7 Å². The van der Waals surface area contributed by atoms with Crippen LogP contribution in [0.15, 0.2) is 23.5 Å². The lowest BCUT2D eigenvalue weighted by Crippen LogP contribution is -2.43. The first-order valence-corrected chi connectivity index (χ1v) is 10.7. The largest absolute Gasteiger partial charge is 0.498 e. The summed E-state index contributed by atoms with van der Waals surface area (Å²) < 4.78 is 5.90. The number of nitrogens with two attached hydrogens (primary N) is 1. The molecule has 1 saturated heterocycles. The van der Waals surface area contributed by atoms with E-state index in [4.69, 9.17) is 10.5 Å². The van der Waals surface area contributed by atoms with Gasteiger partial charge in [-0.2, -0.15) is 0 Å². The van der Waals surface area contributed by atoms with Crippen LogP contribution >= 0.6 is 11.8 Å². The first-order chi connectivity index (χ1) is 12.0. The van der Waals surface area contributed by atoms with Crippen molar-refractivity contribution in [2.75, 3.05) is 37.9 Å². The standard InChI is InChI=1S/C19H35N3O2S/c1-15(2)21-13-19(23)18(20)12-16-4-6-17(7-5-16)24-10-3-8-22-9-11-25-14-22/h4,6,15,18-19,21,23H,3,5,7-14,20H2,1-2H3/t18?,19-/m1/s1. The third kappa shape index (κ3) is 8.13. The zero-order valence-corrected chi connectivity index (χ0v) is 16.6. The number of allylic oxidation sites excluding steroid dienone is 3. The molecule has 2 rings (SSSR count). The van der Waals surface area contributed by atoms with Gasteiger partial charge in [0, 0.05) is 49.8 Å². The highest BCUT2D eigenvalue weighted by atomic mass is 32.2. The van der Waals surface area contributed by atoms with Gasteiger partial charge in [0.2, 0.25) is 0 Å². The van der Waals surface area contributed by atoms with Gasteiger partial charge >= 0.3 is 0 Å². The first kappa shape index (κ1) is 20.8. The van der Waals surface area contributed by atoms with Gasteiger partial charge in [-0.1, -0.05) is 25.5 Å². The monoisotopic (exact) mass is 369 g/mol. The second-order valence-corrected chi connectivity index (χ2v) is 8.39. The number of aliphatic hydroxyl groups is 1. The number of ether oxygens (including phenoxy) is 1. The third-order valence-corrected chi connectivity index (χ3v) is 5.68. The fourth-order valence-electron chi connectivity index (χ4n) is 3.02. The lowest BCUT2D eigenvalue weighted by atomic mass is 9.95. The van der Waals surface area contributed by atoms with Gasteiger partial charge in [0.15, 0.2) is 0 Å². The van der Waals surface area contributed by atoms with Crippen molar-refractivity contribution in [3.8, 4) is 0 Å². The van der Waals surface area contributed by atoms with Crippen LogP contribution in [0.1, 0.15) is 39.5 Å². The van der Waals surface area contributed by atoms with E-state index in [9.17, 15) is 5.11 Å². The molecule has 5 nitrogen and oxygen atoms in total. The van der Waals surface area contributed by atoms with Crippen molar-refractivity contribution < 1.29 is 9.84 Å². The summed E-state index contributed by atoms with van der Waals surface area (Å²) in [4.78, 5) is 2.49. The number of hydrogen-bond acceptors (Lipinski definition) is 6. The van der Waals surface area contributed by atoms with Crippen molar-refractivity contribution in [1.82, 2.24) is 10.2 Å². The maximum atomic E-state index is 10.1. The maximum Gasteiger partial charge on any atom is 0.0962 e. The summed E-state index contributed by atoms with van der Waals surface area (Å²) >= 11 is 2.01. The lowest BCUT2D eigenvalue weighted by molar-refractivity contribution is 0.138. The summed E-state index contributed by atoms with van der Waals surface area (Å²) in [6.07, 6.45) is 7.46. The van der Waals surface area contributed by atoms with Gasteiger partial charge in [-0.3, -0.25) is 4.90 Å². The van der Waals surface area contributed by atoms with Gasteiger partial charge in [0.25, 0.3) is 0 Å². The Morgan fingerprint density at radius 2 is 2.20 bits per heavy atom. The van der Waals surface area contributed by atoms with Gasteiger partial charge in [-0.15, -0.1) is 11.8 Å². The molecule has 0 aromatic heterocycles. The highest BCUT2D eigenvalue weighted by Gasteiger charge is 2.18. The zero-order chi connectivity index (χ0) is 18.1. The molecule has 1 fully saturated rings. The van der Waals surface area contributed by atoms with Gasteiger partial charge in [-0.25, -0.2) is 0 Å². The fourth-order valence-corrected chi connectivity index (χ4v) is 4.05. The zero-order valence-electron chi connectivity index (χ0n) is 15.7. The molecular formula is C19H35N3O2S. The Morgan fingerprint density at radius 3 is 2.84 bits per heavy atom. The predicted molar refractivity (Wildman–Crippen MR) is 107 cm³/mol. The minimum Gasteiger partial charge on any atom is -0.498 e. The average Bonchev–Trinajstić information content (AvgIpc) is 3.11. The van der Waals surface area contributed by atoms with E-state index < -0.39 is 6.10 Å². The number of thioether (sulfide) groups is 1. The fraction of sp³-hybridized carbons (Fsp3) is 0.789. The van der Waals surface area contributed by atoms with Crippen LogP contribution in [0.4, 0.5) is 0 Å². The van der Waals surface area contributed by atoms with Crippen LogP contribution in [0.25, 0.3) is 0 Å². The van der Waals surface area contributed by atoms with Crippen LogP contribution in [-0.4, -0.2) is 66.1 Å². The highest BCUT2D eigenvalue weighted by Crippen LogP contribution is 2.23. The van der Waals surface area contributed by atoms with E-state index in [1.54, 1.807) is 0 Å². The molecule has 0 radical (unpaired) electrons. The van der Waals surface area contributed by atoms with Crippen molar-refractivity contribution in [3.05, 3.63) is 23.5 Å². The molecule has 0 aromatic carbocycles. The van der Waals surface area contributed by atoms with Gasteiger partial charge in [0.05, 0.1) is 18.5 Å². The van der Waals surface area contributed by atoms with Crippen LogP contribution in [0.2, 0.25) is 0 Å². The highest BCUT2D eigenvalue weighted by molar-refractivity contribution is 7.99. The molecule has 0 aromatic rings. The second kappa shape index (κ2) is 11.2. The molecule has 1 heterocycles. The number of nitrogens with one attached hydrogen (secondary N) is 1. The summed E-state index contributed by atoms with van der Waals surface area (Å²) in [6.45, 7) is 7.84. The Labute approximate surface area is 157 Å². The topological polar surface area (TPSA) is 70.8 Å². The predicted octanol–water partition coefficient (Wildman–Crippen LogP) is 2.08. The van der Waals surface area contributed by atoms with Gasteiger partial charge in [-0.05, 0) is 25.3 Å². The van der Waals surface area contributed by atoms with Crippen molar-refractivity contribution in [2.45, 2.75) is 57.7 Å². The summed E-state index contributed by atoms with van der Waals surface area (Å²) in [7, 11) is 0. The molecule has 25 heavy (non-hydrogen) atoms. The molecule has 4 N–H and O–H groups in total. The van der Waals surface area contributed by atoms with Crippen LogP contribution in [0, 0.1) is 0 Å². The van der Waals surface area contributed by atoms with E-state index in [0.717, 1.165) is 44.6 Å². The normalized spacial score (nSPS) is 21.2. The van der Waals surface area contributed by atoms with Gasteiger partial charge in [0.1, 0.15) is 0 Å². The minimum absolute atomic E-state index is 0.216. The average molecular weight is 370 g/mol. The Kier molecular flexibility index (Phi) is 9.34. The molecule has 1 aliphatic carbocycles.